The van der Waals surface area contributed by atoms with Crippen LogP contribution in [0, 0.1) is 23.2 Å². The topological polar surface area (TPSA) is 84.7 Å². The summed E-state index contributed by atoms with van der Waals surface area (Å²) in [6, 6.07) is 16.2. The van der Waals surface area contributed by atoms with Crippen molar-refractivity contribution >= 4 is 15.9 Å². The molecule has 7 nitrogen and oxygen atoms in total. The molecule has 1 amide bonds. The van der Waals surface area contributed by atoms with E-state index in [-0.39, 0.29) is 10.8 Å². The summed E-state index contributed by atoms with van der Waals surface area (Å²) in [7, 11) is -3.56. The van der Waals surface area contributed by atoms with Crippen molar-refractivity contribution in [1.82, 2.24) is 14.1 Å². The van der Waals surface area contributed by atoms with Gasteiger partial charge in [-0.15, -0.1) is 0 Å². The molecular formula is C27H34N4O3S. The van der Waals surface area contributed by atoms with Crippen LogP contribution in [-0.4, -0.2) is 67.7 Å². The van der Waals surface area contributed by atoms with Gasteiger partial charge in [0, 0.05) is 51.4 Å². The van der Waals surface area contributed by atoms with Gasteiger partial charge in [0.1, 0.15) is 0 Å². The van der Waals surface area contributed by atoms with Gasteiger partial charge < -0.3 is 4.90 Å². The average molecular weight is 495 g/mol. The molecule has 186 valence electrons. The van der Waals surface area contributed by atoms with E-state index in [0.29, 0.717) is 49.1 Å². The molecule has 0 N–H and O–H groups in total. The predicted octanol–water partition coefficient (Wildman–Crippen LogP) is 3.57. The lowest BCUT2D eigenvalue weighted by Gasteiger charge is -2.34. The molecule has 4 rings (SSSR count). The van der Waals surface area contributed by atoms with Gasteiger partial charge in [-0.3, -0.25) is 9.69 Å². The molecule has 0 spiro atoms. The van der Waals surface area contributed by atoms with Gasteiger partial charge in [-0.1, -0.05) is 26.0 Å². The summed E-state index contributed by atoms with van der Waals surface area (Å²) in [4.78, 5) is 17.6. The van der Waals surface area contributed by atoms with Crippen LogP contribution >= 0.6 is 0 Å². The third-order valence-corrected chi connectivity index (χ3v) is 8.79. The molecule has 2 heterocycles. The van der Waals surface area contributed by atoms with Crippen LogP contribution in [-0.2, 0) is 16.6 Å². The van der Waals surface area contributed by atoms with E-state index >= 15 is 0 Å². The van der Waals surface area contributed by atoms with Crippen molar-refractivity contribution in [3.63, 3.8) is 0 Å². The van der Waals surface area contributed by atoms with Crippen molar-refractivity contribution in [2.75, 3.05) is 39.3 Å². The molecule has 8 heteroatoms. The molecule has 2 aromatic carbocycles. The number of nitriles is 1. The Morgan fingerprint density at radius 3 is 2.23 bits per heavy atom. The van der Waals surface area contributed by atoms with Gasteiger partial charge >= 0.3 is 0 Å². The van der Waals surface area contributed by atoms with E-state index in [1.165, 1.54) is 0 Å². The molecule has 0 radical (unpaired) electrons. The number of nitrogens with zero attached hydrogens (tertiary/aromatic N) is 4. The Morgan fingerprint density at radius 2 is 1.60 bits per heavy atom. The monoisotopic (exact) mass is 494 g/mol. The summed E-state index contributed by atoms with van der Waals surface area (Å²) in [5.41, 5.74) is 2.32. The Labute approximate surface area is 209 Å². The van der Waals surface area contributed by atoms with Crippen LogP contribution in [0.2, 0.25) is 0 Å². The molecule has 35 heavy (non-hydrogen) atoms. The largest absolute Gasteiger partial charge is 0.337 e. The maximum absolute atomic E-state index is 13.2. The van der Waals surface area contributed by atoms with Crippen molar-refractivity contribution in [1.29, 1.82) is 5.26 Å². The highest BCUT2D eigenvalue weighted by molar-refractivity contribution is 7.89. The van der Waals surface area contributed by atoms with Gasteiger partial charge in [-0.2, -0.15) is 9.57 Å². The highest BCUT2D eigenvalue weighted by Gasteiger charge is 2.32. The number of hydrogen-bond donors (Lipinski definition) is 0. The molecule has 0 aromatic heterocycles. The van der Waals surface area contributed by atoms with Gasteiger partial charge in [-0.25, -0.2) is 8.42 Å². The van der Waals surface area contributed by atoms with Crippen LogP contribution in [0.1, 0.15) is 48.2 Å². The van der Waals surface area contributed by atoms with E-state index in [1.807, 2.05) is 29.2 Å². The molecule has 2 saturated heterocycles. The number of piperidine rings is 1. The summed E-state index contributed by atoms with van der Waals surface area (Å²) in [5.74, 6) is 0.622. The van der Waals surface area contributed by atoms with Crippen LogP contribution in [0.25, 0.3) is 0 Å². The van der Waals surface area contributed by atoms with E-state index in [9.17, 15) is 13.2 Å². The van der Waals surface area contributed by atoms with Crippen molar-refractivity contribution in [2.45, 2.75) is 38.1 Å². The summed E-state index contributed by atoms with van der Waals surface area (Å²) >= 11 is 0. The Balaban J connectivity index is 1.37. The van der Waals surface area contributed by atoms with Crippen LogP contribution in [0.5, 0.6) is 0 Å². The quantitative estimate of drug-likeness (QED) is 0.634. The van der Waals surface area contributed by atoms with Gasteiger partial charge in [0.05, 0.1) is 16.5 Å². The SMILES string of the molecule is C[C@@H]1C[C@@H](C)CN(S(=O)(=O)c2ccc(C(=O)N3CCCN(Cc4ccc(C#N)cc4)CC3)cc2)C1. The van der Waals surface area contributed by atoms with E-state index in [2.05, 4.69) is 24.8 Å². The number of amides is 1. The first-order chi connectivity index (χ1) is 16.8. The van der Waals surface area contributed by atoms with Crippen LogP contribution in [0.3, 0.4) is 0 Å². The van der Waals surface area contributed by atoms with Crippen molar-refractivity contribution < 1.29 is 13.2 Å². The van der Waals surface area contributed by atoms with Crippen molar-refractivity contribution in [2.24, 2.45) is 11.8 Å². The second-order valence-electron chi connectivity index (χ2n) is 10.0. The van der Waals surface area contributed by atoms with Gasteiger partial charge in [0.2, 0.25) is 10.0 Å². The summed E-state index contributed by atoms with van der Waals surface area (Å²) in [5, 5.41) is 8.97. The Hall–Kier alpha value is -2.73. The fourth-order valence-electron chi connectivity index (χ4n) is 5.18. The zero-order valence-electron chi connectivity index (χ0n) is 20.6. The number of hydrogen-bond acceptors (Lipinski definition) is 5. The molecule has 0 unspecified atom stereocenters. The third kappa shape index (κ3) is 6.10. The van der Waals surface area contributed by atoms with Gasteiger partial charge in [-0.05, 0) is 66.6 Å². The van der Waals surface area contributed by atoms with E-state index in [4.69, 9.17) is 5.26 Å². The first kappa shape index (κ1) is 25.4. The van der Waals surface area contributed by atoms with Crippen molar-refractivity contribution in [3.8, 4) is 6.07 Å². The number of carbonyl (C=O) groups excluding carboxylic acids is 1. The van der Waals surface area contributed by atoms with Crippen LogP contribution in [0.4, 0.5) is 0 Å². The lowest BCUT2D eigenvalue weighted by molar-refractivity contribution is 0.0761. The number of carbonyl (C=O) groups is 1. The predicted molar refractivity (Wildman–Crippen MR) is 135 cm³/mol. The first-order valence-electron chi connectivity index (χ1n) is 12.4. The molecule has 0 aliphatic carbocycles. The molecule has 2 aliphatic heterocycles. The summed E-state index contributed by atoms with van der Waals surface area (Å²) in [6.07, 6.45) is 1.92. The van der Waals surface area contributed by atoms with Crippen LogP contribution in [0.15, 0.2) is 53.4 Å². The molecule has 2 aromatic rings. The third-order valence-electron chi connectivity index (χ3n) is 6.94. The highest BCUT2D eigenvalue weighted by atomic mass is 32.2. The zero-order valence-corrected chi connectivity index (χ0v) is 21.4. The minimum absolute atomic E-state index is 0.0608. The normalized spacial score (nSPS) is 22.4. The number of benzene rings is 2. The average Bonchev–Trinajstić information content (AvgIpc) is 3.09. The summed E-state index contributed by atoms with van der Waals surface area (Å²) < 4.78 is 27.9. The fourth-order valence-corrected chi connectivity index (χ4v) is 6.86. The van der Waals surface area contributed by atoms with Crippen LogP contribution < -0.4 is 0 Å². The molecule has 2 aliphatic rings. The van der Waals surface area contributed by atoms with E-state index < -0.39 is 10.0 Å². The molecule has 2 fully saturated rings. The summed E-state index contributed by atoms with van der Waals surface area (Å²) in [6.45, 7) is 9.01. The maximum Gasteiger partial charge on any atom is 0.253 e. The fraction of sp³-hybridized carbons (Fsp3) is 0.481. The van der Waals surface area contributed by atoms with E-state index in [1.54, 1.807) is 28.6 Å². The van der Waals surface area contributed by atoms with Gasteiger partial charge in [0.15, 0.2) is 0 Å². The smallest absolute Gasteiger partial charge is 0.253 e. The Morgan fingerprint density at radius 1 is 0.943 bits per heavy atom. The number of sulfonamides is 1. The van der Waals surface area contributed by atoms with Gasteiger partial charge in [0.25, 0.3) is 5.91 Å². The second kappa shape index (κ2) is 10.9. The van der Waals surface area contributed by atoms with E-state index in [0.717, 1.165) is 38.0 Å². The standard InChI is InChI=1S/C27H34N4O3S/c1-21-16-22(2)19-31(18-21)35(33,34)26-10-8-25(9-11-26)27(32)30-13-3-12-29(14-15-30)20-24-6-4-23(17-28)5-7-24/h4-11,21-22H,3,12-16,18-20H2,1-2H3/t21-,22-/m1/s1. The molecule has 0 saturated carbocycles. The number of rotatable bonds is 5. The lowest BCUT2D eigenvalue weighted by atomic mass is 9.94. The molecule has 2 atom stereocenters. The minimum Gasteiger partial charge on any atom is -0.337 e. The van der Waals surface area contributed by atoms with Crippen molar-refractivity contribution in [3.05, 3.63) is 65.2 Å². The highest BCUT2D eigenvalue weighted by Crippen LogP contribution is 2.27. The lowest BCUT2D eigenvalue weighted by Crippen LogP contribution is -2.42. The molecule has 0 bridgehead atoms. The first-order valence-corrected chi connectivity index (χ1v) is 13.8. The second-order valence-corrected chi connectivity index (χ2v) is 12.0. The zero-order chi connectivity index (χ0) is 25.0. The Bertz CT molecular complexity index is 1160. The Kier molecular flexibility index (Phi) is 7.90. The maximum atomic E-state index is 13.2. The molecular weight excluding hydrogens is 460 g/mol. The minimum atomic E-state index is -3.56.